The van der Waals surface area contributed by atoms with Gasteiger partial charge in [0.2, 0.25) is 0 Å². The van der Waals surface area contributed by atoms with Crippen molar-refractivity contribution >= 4 is 21.5 Å². The maximum absolute atomic E-state index is 12.9. The Morgan fingerprint density at radius 2 is 1.93 bits per heavy atom. The summed E-state index contributed by atoms with van der Waals surface area (Å²) in [6, 6.07) is 3.86. The second-order valence-corrected chi connectivity index (χ2v) is 10.1. The molecule has 1 aliphatic heterocycles. The number of nitrogens with zero attached hydrogens (tertiary/aromatic N) is 8. The van der Waals surface area contributed by atoms with Crippen molar-refractivity contribution in [3.05, 3.63) is 30.5 Å². The summed E-state index contributed by atoms with van der Waals surface area (Å²) in [6.45, 7) is 5.14. The molecule has 29 heavy (non-hydrogen) atoms. The standard InChI is InChI=1S/C18H24N8O2S/c1-12(2)25-10-17(19-11-25)29(27,28)23(3)14-8-24(9-14)16-7-6-15-20-21-18(13-4-5-13)26(15)22-16/h6-7,10-14H,4-5,8-9H2,1-3H3. The van der Waals surface area contributed by atoms with Crippen molar-refractivity contribution in [3.63, 3.8) is 0 Å². The zero-order valence-corrected chi connectivity index (χ0v) is 17.5. The van der Waals surface area contributed by atoms with Gasteiger partial charge in [0.05, 0.1) is 12.4 Å². The molecule has 1 saturated heterocycles. The lowest BCUT2D eigenvalue weighted by atomic mass is 10.1. The van der Waals surface area contributed by atoms with Crippen LogP contribution in [0.2, 0.25) is 0 Å². The lowest BCUT2D eigenvalue weighted by Crippen LogP contribution is -2.60. The third kappa shape index (κ3) is 3.08. The number of anilines is 1. The number of sulfonamides is 1. The molecule has 4 heterocycles. The molecule has 2 fully saturated rings. The molecule has 0 N–H and O–H groups in total. The van der Waals surface area contributed by atoms with Crippen molar-refractivity contribution in [2.45, 2.75) is 49.7 Å². The minimum absolute atomic E-state index is 0.0882. The normalized spacial score (nSPS) is 18.2. The number of aromatic nitrogens is 6. The second-order valence-electron chi connectivity index (χ2n) is 8.13. The monoisotopic (exact) mass is 416 g/mol. The van der Waals surface area contributed by atoms with Gasteiger partial charge in [-0.05, 0) is 38.8 Å². The van der Waals surface area contributed by atoms with Crippen LogP contribution < -0.4 is 4.90 Å². The highest BCUT2D eigenvalue weighted by Gasteiger charge is 2.38. The predicted molar refractivity (Wildman–Crippen MR) is 106 cm³/mol. The molecule has 0 spiro atoms. The molecule has 0 unspecified atom stereocenters. The zero-order valence-electron chi connectivity index (χ0n) is 16.7. The molecule has 10 nitrogen and oxygen atoms in total. The molecule has 1 aliphatic carbocycles. The summed E-state index contributed by atoms with van der Waals surface area (Å²) in [6.07, 6.45) is 5.42. The van der Waals surface area contributed by atoms with Gasteiger partial charge in [-0.3, -0.25) is 0 Å². The van der Waals surface area contributed by atoms with E-state index in [2.05, 4.69) is 25.2 Å². The van der Waals surface area contributed by atoms with Crippen LogP contribution in [0.3, 0.4) is 0 Å². The van der Waals surface area contributed by atoms with Crippen LogP contribution in [0.1, 0.15) is 44.5 Å². The topological polar surface area (TPSA) is 102 Å². The van der Waals surface area contributed by atoms with E-state index >= 15 is 0 Å². The van der Waals surface area contributed by atoms with Gasteiger partial charge in [-0.25, -0.2) is 13.4 Å². The van der Waals surface area contributed by atoms with Gasteiger partial charge in [0.1, 0.15) is 5.82 Å². The number of hydrogen-bond donors (Lipinski definition) is 0. The van der Waals surface area contributed by atoms with Gasteiger partial charge >= 0.3 is 0 Å². The van der Waals surface area contributed by atoms with Crippen LogP contribution in [0.25, 0.3) is 5.65 Å². The molecule has 0 atom stereocenters. The summed E-state index contributed by atoms with van der Waals surface area (Å²) in [4.78, 5) is 6.17. The van der Waals surface area contributed by atoms with Crippen molar-refractivity contribution in [1.82, 2.24) is 33.7 Å². The van der Waals surface area contributed by atoms with Crippen LogP contribution >= 0.6 is 0 Å². The quantitative estimate of drug-likeness (QED) is 0.597. The molecular weight excluding hydrogens is 392 g/mol. The molecule has 154 valence electrons. The lowest BCUT2D eigenvalue weighted by Gasteiger charge is -2.43. The average molecular weight is 417 g/mol. The Morgan fingerprint density at radius 3 is 2.59 bits per heavy atom. The Balaban J connectivity index is 1.31. The Hall–Kier alpha value is -2.53. The van der Waals surface area contributed by atoms with Crippen molar-refractivity contribution in [2.24, 2.45) is 0 Å². The van der Waals surface area contributed by atoms with E-state index in [0.717, 1.165) is 30.1 Å². The van der Waals surface area contributed by atoms with E-state index in [1.807, 2.05) is 30.5 Å². The minimum Gasteiger partial charge on any atom is -0.352 e. The first-order valence-electron chi connectivity index (χ1n) is 9.83. The van der Waals surface area contributed by atoms with E-state index < -0.39 is 10.0 Å². The van der Waals surface area contributed by atoms with Crippen molar-refractivity contribution < 1.29 is 8.42 Å². The van der Waals surface area contributed by atoms with E-state index in [4.69, 9.17) is 0 Å². The summed E-state index contributed by atoms with van der Waals surface area (Å²) < 4.78 is 30.8. The third-order valence-electron chi connectivity index (χ3n) is 5.73. The molecule has 0 bridgehead atoms. The molecule has 0 aromatic carbocycles. The van der Waals surface area contributed by atoms with Gasteiger partial charge < -0.3 is 9.47 Å². The molecule has 0 amide bonds. The number of fused-ring (bicyclic) bond motifs is 1. The first-order chi connectivity index (χ1) is 13.8. The SMILES string of the molecule is CC(C)n1cnc(S(=O)(=O)N(C)C2CN(c3ccc4nnc(C5CC5)n4n3)C2)c1. The minimum atomic E-state index is -3.62. The van der Waals surface area contributed by atoms with Gasteiger partial charge in [-0.2, -0.15) is 8.82 Å². The molecule has 3 aromatic heterocycles. The number of hydrogen-bond acceptors (Lipinski definition) is 7. The Labute approximate surface area is 169 Å². The van der Waals surface area contributed by atoms with Crippen LogP contribution in [0.4, 0.5) is 5.82 Å². The molecule has 0 radical (unpaired) electrons. The van der Waals surface area contributed by atoms with Crippen LogP contribution in [0.5, 0.6) is 0 Å². The number of rotatable bonds is 6. The van der Waals surface area contributed by atoms with Gasteiger partial charge in [-0.1, -0.05) is 0 Å². The van der Waals surface area contributed by atoms with Gasteiger partial charge in [-0.15, -0.1) is 15.3 Å². The summed E-state index contributed by atoms with van der Waals surface area (Å²) in [5.74, 6) is 2.18. The second kappa shape index (κ2) is 6.49. The molecule has 3 aromatic rings. The van der Waals surface area contributed by atoms with E-state index in [1.54, 1.807) is 24.1 Å². The zero-order chi connectivity index (χ0) is 20.3. The molecule has 2 aliphatic rings. The fourth-order valence-corrected chi connectivity index (χ4v) is 4.77. The molecule has 11 heteroatoms. The van der Waals surface area contributed by atoms with E-state index in [9.17, 15) is 8.42 Å². The number of likely N-dealkylation sites (N-methyl/N-ethyl adjacent to an activating group) is 1. The van der Waals surface area contributed by atoms with Crippen molar-refractivity contribution in [1.29, 1.82) is 0 Å². The van der Waals surface area contributed by atoms with E-state index in [0.29, 0.717) is 19.0 Å². The van der Waals surface area contributed by atoms with Crippen LogP contribution in [-0.4, -0.2) is 68.3 Å². The summed E-state index contributed by atoms with van der Waals surface area (Å²) >= 11 is 0. The number of imidazole rings is 1. The maximum Gasteiger partial charge on any atom is 0.262 e. The highest BCUT2D eigenvalue weighted by atomic mass is 32.2. The highest BCUT2D eigenvalue weighted by Crippen LogP contribution is 2.39. The van der Waals surface area contributed by atoms with Gasteiger partial charge in [0, 0.05) is 38.3 Å². The Morgan fingerprint density at radius 1 is 1.17 bits per heavy atom. The Kier molecular flexibility index (Phi) is 4.14. The lowest BCUT2D eigenvalue weighted by molar-refractivity contribution is 0.308. The van der Waals surface area contributed by atoms with E-state index in [1.165, 1.54) is 4.31 Å². The van der Waals surface area contributed by atoms with Crippen LogP contribution in [0.15, 0.2) is 29.7 Å². The maximum atomic E-state index is 12.9. The first-order valence-corrected chi connectivity index (χ1v) is 11.3. The van der Waals surface area contributed by atoms with Crippen molar-refractivity contribution in [3.8, 4) is 0 Å². The van der Waals surface area contributed by atoms with E-state index in [-0.39, 0.29) is 17.1 Å². The first kappa shape index (κ1) is 18.5. The fourth-order valence-electron chi connectivity index (χ4n) is 3.51. The van der Waals surface area contributed by atoms with Gasteiger partial charge in [0.25, 0.3) is 10.0 Å². The van der Waals surface area contributed by atoms with Crippen molar-refractivity contribution in [2.75, 3.05) is 25.0 Å². The molecule has 5 rings (SSSR count). The molecular formula is C18H24N8O2S. The fraction of sp³-hybridized carbons (Fsp3) is 0.556. The summed E-state index contributed by atoms with van der Waals surface area (Å²) in [7, 11) is -2.01. The summed E-state index contributed by atoms with van der Waals surface area (Å²) in [5, 5.41) is 13.2. The predicted octanol–water partition coefficient (Wildman–Crippen LogP) is 1.29. The Bertz CT molecular complexity index is 1160. The third-order valence-corrected chi connectivity index (χ3v) is 7.53. The summed E-state index contributed by atoms with van der Waals surface area (Å²) in [5.41, 5.74) is 0.744. The largest absolute Gasteiger partial charge is 0.352 e. The van der Waals surface area contributed by atoms with Crippen LogP contribution in [-0.2, 0) is 10.0 Å². The smallest absolute Gasteiger partial charge is 0.262 e. The highest BCUT2D eigenvalue weighted by molar-refractivity contribution is 7.89. The van der Waals surface area contributed by atoms with Gasteiger partial charge in [0.15, 0.2) is 16.5 Å². The van der Waals surface area contributed by atoms with Crippen LogP contribution in [0, 0.1) is 0 Å². The average Bonchev–Trinajstić information content (AvgIpc) is 3.20. The molecule has 1 saturated carbocycles.